The number of anilines is 3. The van der Waals surface area contributed by atoms with Crippen molar-refractivity contribution in [2.45, 2.75) is 13.3 Å². The quantitative estimate of drug-likeness (QED) is 0.382. The number of methoxy groups -OCH3 is 1. The zero-order valence-electron chi connectivity index (χ0n) is 24.6. The fourth-order valence-corrected chi connectivity index (χ4v) is 5.49. The van der Waals surface area contributed by atoms with Crippen molar-refractivity contribution in [3.8, 4) is 5.75 Å². The number of morpholine rings is 1. The van der Waals surface area contributed by atoms with Gasteiger partial charge in [0.25, 0.3) is 11.8 Å². The number of piperazine rings is 1. The molecule has 2 aliphatic heterocycles. The molecule has 9 nitrogen and oxygen atoms in total. The van der Waals surface area contributed by atoms with Gasteiger partial charge in [0.15, 0.2) is 0 Å². The topological polar surface area (TPSA) is 86.4 Å². The minimum atomic E-state index is -0.200. The SMILES string of the molecule is CCc1ccc(C(=O)Nc2ccc(N3CCN(c4ccccc4OC)CC3)c(C(=O)NCCN3CCOCC3)c2)cc1. The molecule has 9 heteroatoms. The smallest absolute Gasteiger partial charge is 0.255 e. The van der Waals surface area contributed by atoms with Crippen LogP contribution in [0.3, 0.4) is 0 Å². The maximum absolute atomic E-state index is 13.6. The Morgan fingerprint density at radius 2 is 1.52 bits per heavy atom. The van der Waals surface area contributed by atoms with Crippen molar-refractivity contribution in [2.75, 3.05) is 87.8 Å². The summed E-state index contributed by atoms with van der Waals surface area (Å²) in [6, 6.07) is 21.3. The molecule has 5 rings (SSSR count). The number of benzene rings is 3. The second kappa shape index (κ2) is 14.2. The van der Waals surface area contributed by atoms with Crippen molar-refractivity contribution >= 4 is 28.9 Å². The van der Waals surface area contributed by atoms with E-state index in [1.165, 1.54) is 5.56 Å². The second-order valence-corrected chi connectivity index (χ2v) is 10.6. The van der Waals surface area contributed by atoms with Gasteiger partial charge in [-0.2, -0.15) is 0 Å². The summed E-state index contributed by atoms with van der Waals surface area (Å²) in [5.74, 6) is 0.513. The third kappa shape index (κ3) is 7.21. The van der Waals surface area contributed by atoms with Crippen molar-refractivity contribution in [3.63, 3.8) is 0 Å². The molecule has 0 aromatic heterocycles. The molecule has 0 bridgehead atoms. The summed E-state index contributed by atoms with van der Waals surface area (Å²) < 4.78 is 11.0. The fourth-order valence-electron chi connectivity index (χ4n) is 5.49. The number of carbonyl (C=O) groups is 2. The minimum absolute atomic E-state index is 0.145. The first-order valence-electron chi connectivity index (χ1n) is 14.8. The van der Waals surface area contributed by atoms with Gasteiger partial charge in [0.2, 0.25) is 0 Å². The predicted octanol–water partition coefficient (Wildman–Crippen LogP) is 3.90. The molecule has 2 saturated heterocycles. The Hall–Kier alpha value is -4.08. The van der Waals surface area contributed by atoms with Crippen molar-refractivity contribution in [2.24, 2.45) is 0 Å². The summed E-state index contributed by atoms with van der Waals surface area (Å²) in [6.07, 6.45) is 0.917. The van der Waals surface area contributed by atoms with Crippen LogP contribution in [0.15, 0.2) is 66.7 Å². The highest BCUT2D eigenvalue weighted by Crippen LogP contribution is 2.31. The number of aryl methyl sites for hydroxylation is 1. The molecule has 0 saturated carbocycles. The molecular formula is C33H41N5O4. The molecule has 3 aromatic rings. The van der Waals surface area contributed by atoms with Crippen molar-refractivity contribution in [3.05, 3.63) is 83.4 Å². The van der Waals surface area contributed by atoms with Gasteiger partial charge >= 0.3 is 0 Å². The van der Waals surface area contributed by atoms with E-state index < -0.39 is 0 Å². The monoisotopic (exact) mass is 571 g/mol. The van der Waals surface area contributed by atoms with Gasteiger partial charge in [0, 0.05) is 69.3 Å². The van der Waals surface area contributed by atoms with Crippen LogP contribution in [-0.2, 0) is 11.2 Å². The van der Waals surface area contributed by atoms with E-state index in [-0.39, 0.29) is 11.8 Å². The third-order valence-electron chi connectivity index (χ3n) is 7.99. The standard InChI is InChI=1S/C33H41N5O4/c1-3-25-8-10-26(11-9-25)32(39)35-27-12-13-29(28(24-27)33(40)34-14-15-36-20-22-42-23-21-36)37-16-18-38(19-17-37)30-6-4-5-7-31(30)41-2/h4-13,24H,3,14-23H2,1-2H3,(H,34,40)(H,35,39). The Morgan fingerprint density at radius 3 is 2.21 bits per heavy atom. The Kier molecular flexibility index (Phi) is 9.94. The van der Waals surface area contributed by atoms with Gasteiger partial charge in [-0.05, 0) is 54.4 Å². The number of hydrogen-bond donors (Lipinski definition) is 2. The normalized spacial score (nSPS) is 15.8. The molecule has 42 heavy (non-hydrogen) atoms. The van der Waals surface area contributed by atoms with E-state index >= 15 is 0 Å². The Morgan fingerprint density at radius 1 is 0.833 bits per heavy atom. The van der Waals surface area contributed by atoms with Crippen molar-refractivity contribution in [1.29, 1.82) is 0 Å². The summed E-state index contributed by atoms with van der Waals surface area (Å²) in [7, 11) is 1.69. The number of nitrogens with zero attached hydrogens (tertiary/aromatic N) is 3. The number of amides is 2. The molecule has 2 heterocycles. The summed E-state index contributed by atoms with van der Waals surface area (Å²) in [6.45, 7) is 9.69. The molecule has 2 fully saturated rings. The van der Waals surface area contributed by atoms with Crippen LogP contribution >= 0.6 is 0 Å². The van der Waals surface area contributed by atoms with Gasteiger partial charge in [-0.15, -0.1) is 0 Å². The molecule has 0 radical (unpaired) electrons. The van der Waals surface area contributed by atoms with E-state index in [2.05, 4.69) is 38.3 Å². The highest BCUT2D eigenvalue weighted by molar-refractivity contribution is 6.06. The molecular weight excluding hydrogens is 530 g/mol. The minimum Gasteiger partial charge on any atom is -0.495 e. The van der Waals surface area contributed by atoms with Gasteiger partial charge in [-0.3, -0.25) is 14.5 Å². The lowest BCUT2D eigenvalue weighted by Crippen LogP contribution is -2.47. The van der Waals surface area contributed by atoms with Crippen LogP contribution in [0, 0.1) is 0 Å². The first-order chi connectivity index (χ1) is 20.6. The lowest BCUT2D eigenvalue weighted by molar-refractivity contribution is 0.0383. The highest BCUT2D eigenvalue weighted by atomic mass is 16.5. The number of rotatable bonds is 10. The molecule has 0 aliphatic carbocycles. The van der Waals surface area contributed by atoms with Crippen molar-refractivity contribution in [1.82, 2.24) is 10.2 Å². The van der Waals surface area contributed by atoms with E-state index in [1.807, 2.05) is 54.6 Å². The zero-order valence-corrected chi connectivity index (χ0v) is 24.6. The van der Waals surface area contributed by atoms with E-state index in [1.54, 1.807) is 13.2 Å². The van der Waals surface area contributed by atoms with Gasteiger partial charge in [-0.1, -0.05) is 31.2 Å². The van der Waals surface area contributed by atoms with Crippen LogP contribution in [-0.4, -0.2) is 89.4 Å². The van der Waals surface area contributed by atoms with Crippen LogP contribution in [0.1, 0.15) is 33.2 Å². The van der Waals surface area contributed by atoms with E-state index in [4.69, 9.17) is 9.47 Å². The second-order valence-electron chi connectivity index (χ2n) is 10.6. The van der Waals surface area contributed by atoms with Crippen LogP contribution < -0.4 is 25.2 Å². The van der Waals surface area contributed by atoms with Crippen LogP contribution in [0.25, 0.3) is 0 Å². The van der Waals surface area contributed by atoms with E-state index in [0.717, 1.165) is 82.6 Å². The molecule has 2 amide bonds. The molecule has 2 N–H and O–H groups in total. The lowest BCUT2D eigenvalue weighted by atomic mass is 10.1. The Labute approximate surface area is 248 Å². The van der Waals surface area contributed by atoms with Crippen LogP contribution in [0.5, 0.6) is 5.75 Å². The average molecular weight is 572 g/mol. The fraction of sp³-hybridized carbons (Fsp3) is 0.394. The van der Waals surface area contributed by atoms with E-state index in [0.29, 0.717) is 23.4 Å². The van der Waals surface area contributed by atoms with Gasteiger partial charge in [0.1, 0.15) is 5.75 Å². The maximum Gasteiger partial charge on any atom is 0.255 e. The molecule has 0 unspecified atom stereocenters. The number of ether oxygens (including phenoxy) is 2. The van der Waals surface area contributed by atoms with Crippen LogP contribution in [0.2, 0.25) is 0 Å². The molecule has 2 aliphatic rings. The largest absolute Gasteiger partial charge is 0.495 e. The number of para-hydroxylation sites is 2. The molecule has 222 valence electrons. The Balaban J connectivity index is 1.31. The van der Waals surface area contributed by atoms with Crippen LogP contribution in [0.4, 0.5) is 17.1 Å². The summed E-state index contributed by atoms with van der Waals surface area (Å²) >= 11 is 0. The summed E-state index contributed by atoms with van der Waals surface area (Å²) in [5.41, 5.74) is 4.85. The first-order valence-corrected chi connectivity index (χ1v) is 14.8. The van der Waals surface area contributed by atoms with Gasteiger partial charge in [-0.25, -0.2) is 0 Å². The molecule has 0 spiro atoms. The van der Waals surface area contributed by atoms with Gasteiger partial charge < -0.3 is 29.9 Å². The highest BCUT2D eigenvalue weighted by Gasteiger charge is 2.24. The number of carbonyl (C=O) groups excluding carboxylic acids is 2. The number of hydrogen-bond acceptors (Lipinski definition) is 7. The molecule has 3 aromatic carbocycles. The lowest BCUT2D eigenvalue weighted by Gasteiger charge is -2.38. The third-order valence-corrected chi connectivity index (χ3v) is 7.99. The first kappa shape index (κ1) is 29.4. The summed E-state index contributed by atoms with van der Waals surface area (Å²) in [4.78, 5) is 33.4. The zero-order chi connectivity index (χ0) is 29.3. The average Bonchev–Trinajstić information content (AvgIpc) is 3.05. The number of nitrogens with one attached hydrogen (secondary N) is 2. The van der Waals surface area contributed by atoms with Gasteiger partial charge in [0.05, 0.1) is 31.6 Å². The maximum atomic E-state index is 13.6. The predicted molar refractivity (Wildman–Crippen MR) is 167 cm³/mol. The summed E-state index contributed by atoms with van der Waals surface area (Å²) in [5, 5.41) is 6.10. The van der Waals surface area contributed by atoms with E-state index in [9.17, 15) is 9.59 Å². The molecule has 0 atom stereocenters. The van der Waals surface area contributed by atoms with Crippen molar-refractivity contribution < 1.29 is 19.1 Å². The Bertz CT molecular complexity index is 1350.